The van der Waals surface area contributed by atoms with Crippen molar-refractivity contribution in [2.75, 3.05) is 0 Å². The molecule has 5 aliphatic rings. The molecule has 2 aromatic rings. The van der Waals surface area contributed by atoms with E-state index in [2.05, 4.69) is 133 Å². The quantitative estimate of drug-likeness (QED) is 0.365. The Bertz CT molecular complexity index is 1450. The normalized spacial score (nSPS) is 28.7. The molecule has 0 aliphatic heterocycles. The van der Waals surface area contributed by atoms with E-state index < -0.39 is 0 Å². The Morgan fingerprint density at radius 1 is 0.706 bits per heavy atom. The van der Waals surface area contributed by atoms with Crippen LogP contribution in [-0.4, -0.2) is 0 Å². The van der Waals surface area contributed by atoms with Crippen molar-refractivity contribution < 1.29 is 0 Å². The van der Waals surface area contributed by atoms with Gasteiger partial charge in [0.05, 0.1) is 0 Å². The molecule has 7 rings (SSSR count). The van der Waals surface area contributed by atoms with E-state index in [1.807, 2.05) is 0 Å². The van der Waals surface area contributed by atoms with Gasteiger partial charge in [0.2, 0.25) is 0 Å². The first-order valence-electron chi connectivity index (χ1n) is 12.3. The van der Waals surface area contributed by atoms with E-state index in [0.717, 1.165) is 4.47 Å². The summed E-state index contributed by atoms with van der Waals surface area (Å²) in [5.41, 5.74) is 11.4. The summed E-state index contributed by atoms with van der Waals surface area (Å²) in [6.45, 7) is 4.73. The molecule has 4 unspecified atom stereocenters. The molecule has 166 valence electrons. The Morgan fingerprint density at radius 3 is 2.21 bits per heavy atom. The van der Waals surface area contributed by atoms with Crippen molar-refractivity contribution in [3.63, 3.8) is 0 Å². The Hall–Kier alpha value is -2.90. The third-order valence-corrected chi connectivity index (χ3v) is 9.00. The highest BCUT2D eigenvalue weighted by molar-refractivity contribution is 9.10. The lowest BCUT2D eigenvalue weighted by molar-refractivity contribution is 0.509. The maximum absolute atomic E-state index is 3.69. The van der Waals surface area contributed by atoms with Crippen LogP contribution in [0.2, 0.25) is 0 Å². The second kappa shape index (κ2) is 7.30. The minimum absolute atomic E-state index is 0.0109. The third kappa shape index (κ3) is 2.83. The highest BCUT2D eigenvalue weighted by Crippen LogP contribution is 2.53. The molecule has 0 spiro atoms. The first-order chi connectivity index (χ1) is 16.5. The highest BCUT2D eigenvalue weighted by atomic mass is 79.9. The van der Waals surface area contributed by atoms with E-state index >= 15 is 0 Å². The molecule has 34 heavy (non-hydrogen) atoms. The lowest BCUT2D eigenvalue weighted by atomic mass is 9.63. The maximum atomic E-state index is 3.69. The minimum atomic E-state index is -0.0109. The number of hydrogen-bond acceptors (Lipinski definition) is 0. The molecule has 0 bridgehead atoms. The molecule has 0 aromatic heterocycles. The largest absolute Gasteiger partial charge is 0.0767 e. The zero-order valence-electron chi connectivity index (χ0n) is 19.5. The molecule has 2 aromatic carbocycles. The molecule has 5 aliphatic carbocycles. The van der Waals surface area contributed by atoms with Gasteiger partial charge < -0.3 is 0 Å². The molecular formula is C33H27Br. The Labute approximate surface area is 210 Å². The van der Waals surface area contributed by atoms with Crippen LogP contribution in [-0.2, 0) is 5.41 Å². The second-order valence-corrected chi connectivity index (χ2v) is 11.6. The SMILES string of the molecule is CC1(C)c2cc(Br)ccc2-c2ccc(C3=CC4=C(C5C=CC=CC5C=C4)C4C=CC=CC34)cc21. The van der Waals surface area contributed by atoms with Crippen molar-refractivity contribution in [1.29, 1.82) is 0 Å². The summed E-state index contributed by atoms with van der Waals surface area (Å²) in [6, 6.07) is 13.9. The second-order valence-electron chi connectivity index (χ2n) is 10.6. The van der Waals surface area contributed by atoms with Gasteiger partial charge in [0.15, 0.2) is 0 Å². The zero-order chi connectivity index (χ0) is 23.0. The lowest BCUT2D eigenvalue weighted by Crippen LogP contribution is -2.29. The standard InChI is InChI=1S/C33H27Br/c1-33(2)30-18-21(13-15-26(30)27-16-14-23(34)19-31(27)33)29-17-22-12-11-20-7-3-4-8-24(20)32(22)28-10-6-5-9-25(28)29/h3-20,24-25,28H,1-2H3. The van der Waals surface area contributed by atoms with E-state index in [1.54, 1.807) is 5.57 Å². The van der Waals surface area contributed by atoms with Crippen molar-refractivity contribution in [3.05, 3.63) is 136 Å². The molecule has 0 fully saturated rings. The van der Waals surface area contributed by atoms with Crippen LogP contribution in [0.1, 0.15) is 30.5 Å². The molecule has 0 nitrogen and oxygen atoms in total. The fourth-order valence-corrected chi connectivity index (χ4v) is 7.16. The van der Waals surface area contributed by atoms with E-state index in [-0.39, 0.29) is 5.41 Å². The fourth-order valence-electron chi connectivity index (χ4n) is 6.80. The summed E-state index contributed by atoms with van der Waals surface area (Å²) in [4.78, 5) is 0. The number of hydrogen-bond donors (Lipinski definition) is 0. The minimum Gasteiger partial charge on any atom is -0.0767 e. The molecule has 0 saturated carbocycles. The van der Waals surface area contributed by atoms with Gasteiger partial charge in [-0.15, -0.1) is 0 Å². The van der Waals surface area contributed by atoms with Crippen LogP contribution in [0.3, 0.4) is 0 Å². The highest BCUT2D eigenvalue weighted by Gasteiger charge is 2.39. The predicted octanol–water partition coefficient (Wildman–Crippen LogP) is 8.74. The van der Waals surface area contributed by atoms with E-state index in [9.17, 15) is 0 Å². The Kier molecular flexibility index (Phi) is 4.39. The summed E-state index contributed by atoms with van der Waals surface area (Å²) < 4.78 is 1.15. The number of rotatable bonds is 1. The van der Waals surface area contributed by atoms with Gasteiger partial charge in [0.1, 0.15) is 0 Å². The van der Waals surface area contributed by atoms with E-state index in [0.29, 0.717) is 23.7 Å². The topological polar surface area (TPSA) is 0 Å². The zero-order valence-corrected chi connectivity index (χ0v) is 21.1. The number of halogens is 1. The van der Waals surface area contributed by atoms with E-state index in [4.69, 9.17) is 0 Å². The van der Waals surface area contributed by atoms with Crippen molar-refractivity contribution in [2.45, 2.75) is 19.3 Å². The van der Waals surface area contributed by atoms with Crippen molar-refractivity contribution >= 4 is 21.5 Å². The fraction of sp³-hybridized carbons (Fsp3) is 0.212. The molecule has 0 radical (unpaired) electrons. The number of allylic oxidation sites excluding steroid dienone is 14. The average molecular weight is 503 g/mol. The summed E-state index contributed by atoms with van der Waals surface area (Å²) in [6.07, 6.45) is 25.7. The van der Waals surface area contributed by atoms with Crippen molar-refractivity contribution in [1.82, 2.24) is 0 Å². The van der Waals surface area contributed by atoms with Crippen LogP contribution in [0.5, 0.6) is 0 Å². The number of fused-ring (bicyclic) bond motifs is 7. The van der Waals surface area contributed by atoms with Gasteiger partial charge in [0, 0.05) is 33.6 Å². The molecular weight excluding hydrogens is 476 g/mol. The smallest absolute Gasteiger partial charge is 0.0178 e. The van der Waals surface area contributed by atoms with Gasteiger partial charge in [0.25, 0.3) is 0 Å². The Balaban J connectivity index is 1.38. The maximum Gasteiger partial charge on any atom is 0.0178 e. The third-order valence-electron chi connectivity index (χ3n) is 8.50. The van der Waals surface area contributed by atoms with Gasteiger partial charge in [-0.2, -0.15) is 0 Å². The first kappa shape index (κ1) is 20.5. The van der Waals surface area contributed by atoms with Gasteiger partial charge in [-0.3, -0.25) is 0 Å². The number of benzene rings is 2. The summed E-state index contributed by atoms with van der Waals surface area (Å²) in [7, 11) is 0. The molecule has 0 heterocycles. The van der Waals surface area contributed by atoms with Crippen LogP contribution in [0.15, 0.2) is 119 Å². The van der Waals surface area contributed by atoms with Gasteiger partial charge in [-0.1, -0.05) is 115 Å². The molecule has 4 atom stereocenters. The Morgan fingerprint density at radius 2 is 1.38 bits per heavy atom. The summed E-state index contributed by atoms with van der Waals surface area (Å²) in [5, 5.41) is 0. The van der Waals surface area contributed by atoms with Crippen LogP contribution in [0.25, 0.3) is 16.7 Å². The summed E-state index contributed by atoms with van der Waals surface area (Å²) in [5.74, 6) is 1.76. The van der Waals surface area contributed by atoms with Crippen LogP contribution >= 0.6 is 15.9 Å². The molecule has 1 heteroatoms. The van der Waals surface area contributed by atoms with Crippen molar-refractivity contribution in [3.8, 4) is 11.1 Å². The van der Waals surface area contributed by atoms with Gasteiger partial charge >= 0.3 is 0 Å². The van der Waals surface area contributed by atoms with Crippen LogP contribution < -0.4 is 0 Å². The van der Waals surface area contributed by atoms with Crippen molar-refractivity contribution in [2.24, 2.45) is 23.7 Å². The van der Waals surface area contributed by atoms with Gasteiger partial charge in [-0.05, 0) is 62.7 Å². The lowest BCUT2D eigenvalue weighted by Gasteiger charge is -2.40. The molecule has 0 N–H and O–H groups in total. The predicted molar refractivity (Wildman–Crippen MR) is 146 cm³/mol. The first-order valence-corrected chi connectivity index (χ1v) is 13.1. The molecule has 0 saturated heterocycles. The molecule has 0 amide bonds. The van der Waals surface area contributed by atoms with Crippen LogP contribution in [0.4, 0.5) is 0 Å². The summed E-state index contributed by atoms with van der Waals surface area (Å²) >= 11 is 3.69. The van der Waals surface area contributed by atoms with E-state index in [1.165, 1.54) is 39.0 Å². The monoisotopic (exact) mass is 502 g/mol. The van der Waals surface area contributed by atoms with Gasteiger partial charge in [-0.25, -0.2) is 0 Å². The van der Waals surface area contributed by atoms with Crippen LogP contribution in [0, 0.1) is 23.7 Å². The average Bonchev–Trinajstić information content (AvgIpc) is 3.09.